The fourth-order valence-electron chi connectivity index (χ4n) is 1.58. The van der Waals surface area contributed by atoms with Crippen molar-refractivity contribution in [3.63, 3.8) is 0 Å². The Morgan fingerprint density at radius 2 is 1.90 bits per heavy atom. The summed E-state index contributed by atoms with van der Waals surface area (Å²) in [5.41, 5.74) is 1.15. The number of aromatic hydroxyl groups is 1. The van der Waals surface area contributed by atoms with E-state index in [1.165, 1.54) is 18.3 Å². The van der Waals surface area contributed by atoms with Crippen LogP contribution in [0.4, 0.5) is 11.4 Å². The number of aliphatic imine (C=N–C) groups is 1. The maximum Gasteiger partial charge on any atom is 0.273 e. The third kappa shape index (κ3) is 3.52. The summed E-state index contributed by atoms with van der Waals surface area (Å²) in [4.78, 5) is 14.0. The van der Waals surface area contributed by atoms with E-state index in [0.29, 0.717) is 0 Å². The van der Waals surface area contributed by atoms with Crippen LogP contribution in [0.1, 0.15) is 5.56 Å². The van der Waals surface area contributed by atoms with Crippen LogP contribution in [0, 0.1) is 10.1 Å². The first-order valence-electron chi connectivity index (χ1n) is 5.90. The average molecular weight is 268 g/mol. The lowest BCUT2D eigenvalue weighted by Crippen LogP contribution is -1.86. The van der Waals surface area contributed by atoms with Gasteiger partial charge in [0.05, 0.1) is 11.0 Å². The Morgan fingerprint density at radius 1 is 1.15 bits per heavy atom. The van der Waals surface area contributed by atoms with Gasteiger partial charge in [0.25, 0.3) is 5.69 Å². The molecule has 0 unspecified atom stereocenters. The third-order valence-electron chi connectivity index (χ3n) is 2.56. The molecule has 0 atom stereocenters. The van der Waals surface area contributed by atoms with E-state index in [1.807, 2.05) is 36.4 Å². The van der Waals surface area contributed by atoms with Crippen LogP contribution < -0.4 is 0 Å². The Balaban J connectivity index is 2.08. The zero-order valence-corrected chi connectivity index (χ0v) is 10.5. The molecule has 20 heavy (non-hydrogen) atoms. The summed E-state index contributed by atoms with van der Waals surface area (Å²) in [7, 11) is 0. The normalized spacial score (nSPS) is 11.2. The molecule has 1 N–H and O–H groups in total. The van der Waals surface area contributed by atoms with Crippen LogP contribution in [-0.4, -0.2) is 16.2 Å². The van der Waals surface area contributed by atoms with Gasteiger partial charge in [-0.3, -0.25) is 15.1 Å². The predicted octanol–water partition coefficient (Wildman–Crippen LogP) is 3.72. The van der Waals surface area contributed by atoms with E-state index in [1.54, 1.807) is 6.08 Å². The van der Waals surface area contributed by atoms with Crippen molar-refractivity contribution in [3.8, 4) is 5.75 Å². The highest BCUT2D eigenvalue weighted by Gasteiger charge is 2.08. The standard InChI is InChI=1S/C15H12N2O3/c18-15-11-13(17(19)20)8-9-14(15)16-10-4-7-12-5-2-1-3-6-12/h1-11,18H/b7-4+,16-10?. The smallest absolute Gasteiger partial charge is 0.273 e. The predicted molar refractivity (Wildman–Crippen MR) is 78.4 cm³/mol. The highest BCUT2D eigenvalue weighted by atomic mass is 16.6. The second-order valence-corrected chi connectivity index (χ2v) is 3.98. The first-order valence-corrected chi connectivity index (χ1v) is 5.90. The van der Waals surface area contributed by atoms with E-state index in [9.17, 15) is 15.2 Å². The summed E-state index contributed by atoms with van der Waals surface area (Å²) in [6.07, 6.45) is 5.12. The van der Waals surface area contributed by atoms with Gasteiger partial charge in [-0.15, -0.1) is 0 Å². The van der Waals surface area contributed by atoms with Crippen molar-refractivity contribution in [1.29, 1.82) is 0 Å². The minimum absolute atomic E-state index is 0.165. The van der Waals surface area contributed by atoms with Gasteiger partial charge >= 0.3 is 0 Å². The van der Waals surface area contributed by atoms with Gasteiger partial charge in [-0.2, -0.15) is 0 Å². The van der Waals surface area contributed by atoms with Gasteiger partial charge in [-0.05, 0) is 17.7 Å². The van der Waals surface area contributed by atoms with Gasteiger partial charge in [-0.1, -0.05) is 36.4 Å². The second kappa shape index (κ2) is 6.29. The van der Waals surface area contributed by atoms with Gasteiger partial charge in [0.2, 0.25) is 0 Å². The molecule has 0 radical (unpaired) electrons. The highest BCUT2D eigenvalue weighted by Crippen LogP contribution is 2.29. The van der Waals surface area contributed by atoms with Crippen LogP contribution >= 0.6 is 0 Å². The lowest BCUT2D eigenvalue weighted by Gasteiger charge is -1.97. The van der Waals surface area contributed by atoms with Crippen LogP contribution in [-0.2, 0) is 0 Å². The van der Waals surface area contributed by atoms with Crippen molar-refractivity contribution in [2.75, 3.05) is 0 Å². The number of nitrogens with zero attached hydrogens (tertiary/aromatic N) is 2. The number of non-ortho nitro benzene ring substituents is 1. The number of hydrogen-bond donors (Lipinski definition) is 1. The summed E-state index contributed by atoms with van der Waals surface area (Å²) < 4.78 is 0. The van der Waals surface area contributed by atoms with Gasteiger partial charge in [0, 0.05) is 12.3 Å². The summed E-state index contributed by atoms with van der Waals surface area (Å²) in [6.45, 7) is 0. The monoisotopic (exact) mass is 268 g/mol. The molecule has 0 saturated carbocycles. The molecule has 0 fully saturated rings. The van der Waals surface area contributed by atoms with Crippen LogP contribution in [0.2, 0.25) is 0 Å². The number of nitro benzene ring substituents is 1. The van der Waals surface area contributed by atoms with Crippen LogP contribution in [0.25, 0.3) is 6.08 Å². The largest absolute Gasteiger partial charge is 0.505 e. The number of nitro groups is 1. The average Bonchev–Trinajstić information content (AvgIpc) is 2.46. The molecule has 0 bridgehead atoms. The fourth-order valence-corrected chi connectivity index (χ4v) is 1.58. The van der Waals surface area contributed by atoms with Crippen molar-refractivity contribution in [2.45, 2.75) is 0 Å². The molecule has 0 aliphatic carbocycles. The van der Waals surface area contributed by atoms with Gasteiger partial charge in [0.1, 0.15) is 11.4 Å². The van der Waals surface area contributed by atoms with Crippen molar-refractivity contribution in [1.82, 2.24) is 0 Å². The molecule has 0 aromatic heterocycles. The maximum absolute atomic E-state index is 10.5. The number of hydrogen-bond acceptors (Lipinski definition) is 4. The zero-order chi connectivity index (χ0) is 14.4. The second-order valence-electron chi connectivity index (χ2n) is 3.98. The SMILES string of the molecule is O=[N+]([O-])c1ccc(N=C/C=C/c2ccccc2)c(O)c1. The summed E-state index contributed by atoms with van der Waals surface area (Å²) in [6, 6.07) is 13.5. The molecule has 2 aromatic carbocycles. The molecule has 0 amide bonds. The Hall–Kier alpha value is -2.95. The van der Waals surface area contributed by atoms with E-state index in [-0.39, 0.29) is 17.1 Å². The Kier molecular flexibility index (Phi) is 4.24. The molecule has 5 nitrogen and oxygen atoms in total. The van der Waals surface area contributed by atoms with Gasteiger partial charge in [0.15, 0.2) is 0 Å². The first kappa shape index (κ1) is 13.5. The molecule has 5 heteroatoms. The van der Waals surface area contributed by atoms with E-state index < -0.39 is 4.92 Å². The van der Waals surface area contributed by atoms with Gasteiger partial charge in [-0.25, -0.2) is 0 Å². The molecule has 0 saturated heterocycles. The lowest BCUT2D eigenvalue weighted by molar-refractivity contribution is -0.384. The third-order valence-corrected chi connectivity index (χ3v) is 2.56. The minimum atomic E-state index is -0.567. The van der Waals surface area contributed by atoms with Gasteiger partial charge < -0.3 is 5.11 Å². The van der Waals surface area contributed by atoms with Crippen molar-refractivity contribution < 1.29 is 10.0 Å². The highest BCUT2D eigenvalue weighted by molar-refractivity contribution is 5.81. The molecular formula is C15H12N2O3. The van der Waals surface area contributed by atoms with Crippen LogP contribution in [0.15, 0.2) is 59.6 Å². The quantitative estimate of drug-likeness (QED) is 0.521. The molecular weight excluding hydrogens is 256 g/mol. The molecule has 2 rings (SSSR count). The van der Waals surface area contributed by atoms with E-state index in [2.05, 4.69) is 4.99 Å². The van der Waals surface area contributed by atoms with Crippen LogP contribution in [0.5, 0.6) is 5.75 Å². The minimum Gasteiger partial charge on any atom is -0.505 e. The van der Waals surface area contributed by atoms with Crippen molar-refractivity contribution >= 4 is 23.7 Å². The zero-order valence-electron chi connectivity index (χ0n) is 10.5. The molecule has 100 valence electrons. The summed E-state index contributed by atoms with van der Waals surface area (Å²) >= 11 is 0. The molecule has 0 aliphatic heterocycles. The van der Waals surface area contributed by atoms with E-state index in [4.69, 9.17) is 0 Å². The molecule has 2 aromatic rings. The fraction of sp³-hybridized carbons (Fsp3) is 0. The number of allylic oxidation sites excluding steroid dienone is 1. The van der Waals surface area contributed by atoms with Crippen LogP contribution in [0.3, 0.4) is 0 Å². The number of phenols is 1. The summed E-state index contributed by atoms with van der Waals surface area (Å²) in [5, 5.41) is 20.1. The van der Waals surface area contributed by atoms with Crippen molar-refractivity contribution in [3.05, 3.63) is 70.3 Å². The van der Waals surface area contributed by atoms with E-state index >= 15 is 0 Å². The maximum atomic E-state index is 10.5. The first-order chi connectivity index (χ1) is 9.66. The Labute approximate surface area is 115 Å². The number of phenolic OH excluding ortho intramolecular Hbond substituents is 1. The lowest BCUT2D eigenvalue weighted by atomic mass is 10.2. The molecule has 0 aliphatic rings. The number of rotatable bonds is 4. The van der Waals surface area contributed by atoms with E-state index in [0.717, 1.165) is 11.6 Å². The topological polar surface area (TPSA) is 75.7 Å². The molecule has 0 heterocycles. The van der Waals surface area contributed by atoms with Crippen molar-refractivity contribution in [2.24, 2.45) is 4.99 Å². The molecule has 0 spiro atoms. The summed E-state index contributed by atoms with van der Waals surface area (Å²) in [5.74, 6) is -0.219. The Morgan fingerprint density at radius 3 is 2.55 bits per heavy atom. The number of benzene rings is 2. The Bertz CT molecular complexity index is 664.